The van der Waals surface area contributed by atoms with E-state index in [9.17, 15) is 19.2 Å². The molecular formula is C31H44N4O6. The molecule has 1 fully saturated rings. The molecule has 41 heavy (non-hydrogen) atoms. The number of likely N-dealkylation sites (N-methyl/N-ethyl adjacent to an activating group) is 1. The molecular weight excluding hydrogens is 524 g/mol. The molecule has 224 valence electrons. The SMILES string of the molecule is C#CCO[C@H](C)[C@H](NC(=O)[C@H](C)N(C)C(=O)OC(C)(C)C)C(=O)N1CCC[C@H]1C(=O)N[C@@H]1CCCc2ccccc21. The molecule has 0 radical (unpaired) electrons. The maximum atomic E-state index is 13.9. The Bertz CT molecular complexity index is 1160. The number of likely N-dealkylation sites (tertiary alicyclic amines) is 1. The average Bonchev–Trinajstić information content (AvgIpc) is 3.43. The van der Waals surface area contributed by atoms with E-state index in [1.165, 1.54) is 22.4 Å². The number of carbonyl (C=O) groups is 4. The van der Waals surface area contributed by atoms with Gasteiger partial charge in [-0.1, -0.05) is 30.2 Å². The maximum absolute atomic E-state index is 13.9. The van der Waals surface area contributed by atoms with Crippen molar-refractivity contribution in [2.24, 2.45) is 0 Å². The van der Waals surface area contributed by atoms with Gasteiger partial charge >= 0.3 is 6.09 Å². The topological polar surface area (TPSA) is 117 Å². The first-order valence-corrected chi connectivity index (χ1v) is 14.3. The Kier molecular flexibility index (Phi) is 10.8. The molecule has 0 unspecified atom stereocenters. The molecule has 4 amide bonds. The lowest BCUT2D eigenvalue weighted by Crippen LogP contribution is -2.60. The number of amides is 4. The van der Waals surface area contributed by atoms with E-state index in [4.69, 9.17) is 15.9 Å². The monoisotopic (exact) mass is 568 g/mol. The van der Waals surface area contributed by atoms with Gasteiger partial charge in [-0.3, -0.25) is 19.3 Å². The van der Waals surface area contributed by atoms with Crippen molar-refractivity contribution in [1.29, 1.82) is 0 Å². The van der Waals surface area contributed by atoms with Crippen LogP contribution < -0.4 is 10.6 Å². The number of ether oxygens (including phenoxy) is 2. The summed E-state index contributed by atoms with van der Waals surface area (Å²) in [5, 5.41) is 5.92. The normalized spacial score (nSPS) is 20.6. The standard InChI is InChI=1S/C31H44N4O6/c1-8-19-40-21(3)26(33-27(36)20(2)34(7)30(39)41-31(4,5)6)29(38)35-18-12-17-25(35)28(37)32-24-16-11-14-22-13-9-10-15-23(22)24/h1,9-10,13,15,20-21,24-26H,11-12,14,16-19H2,2-7H3,(H,32,37)(H,33,36)/t20-,21+,24+,25-,26-/m0/s1. The average molecular weight is 569 g/mol. The van der Waals surface area contributed by atoms with E-state index in [2.05, 4.69) is 22.6 Å². The van der Waals surface area contributed by atoms with Crippen LogP contribution in [0.15, 0.2) is 24.3 Å². The first-order valence-electron chi connectivity index (χ1n) is 14.3. The van der Waals surface area contributed by atoms with Crippen LogP contribution in [0.3, 0.4) is 0 Å². The minimum Gasteiger partial charge on any atom is -0.444 e. The van der Waals surface area contributed by atoms with Gasteiger partial charge in [-0.25, -0.2) is 4.79 Å². The number of rotatable bonds is 9. The molecule has 0 aromatic heterocycles. The molecule has 2 aliphatic rings. The van der Waals surface area contributed by atoms with Crippen LogP contribution in [0.4, 0.5) is 4.79 Å². The molecule has 1 saturated heterocycles. The Balaban J connectivity index is 1.74. The highest BCUT2D eigenvalue weighted by atomic mass is 16.6. The number of aryl methyl sites for hydroxylation is 1. The third-order valence-corrected chi connectivity index (χ3v) is 7.63. The maximum Gasteiger partial charge on any atom is 0.410 e. The molecule has 3 rings (SSSR count). The number of hydrogen-bond acceptors (Lipinski definition) is 6. The quantitative estimate of drug-likeness (QED) is 0.443. The lowest BCUT2D eigenvalue weighted by Gasteiger charge is -2.34. The number of fused-ring (bicyclic) bond motifs is 1. The van der Waals surface area contributed by atoms with Crippen molar-refractivity contribution >= 4 is 23.8 Å². The van der Waals surface area contributed by atoms with Crippen molar-refractivity contribution in [1.82, 2.24) is 20.4 Å². The molecule has 1 heterocycles. The fraction of sp³-hybridized carbons (Fsp3) is 0.613. The molecule has 0 spiro atoms. The summed E-state index contributed by atoms with van der Waals surface area (Å²) in [6.45, 7) is 8.71. The minimum atomic E-state index is -1.12. The molecule has 1 aliphatic heterocycles. The van der Waals surface area contributed by atoms with Crippen LogP contribution in [-0.4, -0.2) is 83.6 Å². The summed E-state index contributed by atoms with van der Waals surface area (Å²) >= 11 is 0. The summed E-state index contributed by atoms with van der Waals surface area (Å²) in [5.41, 5.74) is 1.62. The molecule has 2 N–H and O–H groups in total. The van der Waals surface area contributed by atoms with Crippen LogP contribution in [0.1, 0.15) is 77.5 Å². The molecule has 1 aliphatic carbocycles. The minimum absolute atomic E-state index is 0.0564. The fourth-order valence-corrected chi connectivity index (χ4v) is 5.25. The van der Waals surface area contributed by atoms with Gasteiger partial charge in [-0.15, -0.1) is 6.42 Å². The van der Waals surface area contributed by atoms with E-state index < -0.39 is 47.7 Å². The highest BCUT2D eigenvalue weighted by molar-refractivity contribution is 5.94. The second kappa shape index (κ2) is 13.9. The lowest BCUT2D eigenvalue weighted by molar-refractivity contribution is -0.145. The van der Waals surface area contributed by atoms with Crippen molar-refractivity contribution in [2.45, 2.75) is 103 Å². The van der Waals surface area contributed by atoms with E-state index in [0.717, 1.165) is 24.8 Å². The van der Waals surface area contributed by atoms with Gasteiger partial charge in [0, 0.05) is 13.6 Å². The molecule has 5 atom stereocenters. The first kappa shape index (κ1) is 31.9. The van der Waals surface area contributed by atoms with Crippen molar-refractivity contribution < 1.29 is 28.7 Å². The summed E-state index contributed by atoms with van der Waals surface area (Å²) in [6.07, 6.45) is 7.88. The van der Waals surface area contributed by atoms with Gasteiger partial charge in [-0.2, -0.15) is 0 Å². The van der Waals surface area contributed by atoms with Gasteiger partial charge in [0.1, 0.15) is 30.3 Å². The number of benzene rings is 1. The number of nitrogens with one attached hydrogen (secondary N) is 2. The van der Waals surface area contributed by atoms with E-state index in [0.29, 0.717) is 19.4 Å². The molecule has 0 bridgehead atoms. The number of terminal acetylenes is 1. The van der Waals surface area contributed by atoms with E-state index in [1.54, 1.807) is 34.6 Å². The van der Waals surface area contributed by atoms with Crippen LogP contribution in [0.5, 0.6) is 0 Å². The Morgan fingerprint density at radius 2 is 1.85 bits per heavy atom. The highest BCUT2D eigenvalue weighted by Crippen LogP contribution is 2.30. The molecule has 10 heteroatoms. The van der Waals surface area contributed by atoms with Crippen LogP contribution in [0.2, 0.25) is 0 Å². The summed E-state index contributed by atoms with van der Waals surface area (Å²) in [7, 11) is 1.46. The summed E-state index contributed by atoms with van der Waals surface area (Å²) in [5.74, 6) is 1.17. The summed E-state index contributed by atoms with van der Waals surface area (Å²) in [6, 6.07) is 5.28. The third-order valence-electron chi connectivity index (χ3n) is 7.63. The van der Waals surface area contributed by atoms with Gasteiger partial charge in [-0.05, 0) is 77.8 Å². The smallest absolute Gasteiger partial charge is 0.410 e. The number of nitrogens with zero attached hydrogens (tertiary/aromatic N) is 2. The van der Waals surface area contributed by atoms with Gasteiger partial charge in [0.15, 0.2) is 0 Å². The van der Waals surface area contributed by atoms with Crippen molar-refractivity contribution in [3.63, 3.8) is 0 Å². The third kappa shape index (κ3) is 8.23. The van der Waals surface area contributed by atoms with E-state index in [1.807, 2.05) is 18.2 Å². The zero-order valence-corrected chi connectivity index (χ0v) is 25.1. The summed E-state index contributed by atoms with van der Waals surface area (Å²) < 4.78 is 11.0. The van der Waals surface area contributed by atoms with Crippen molar-refractivity contribution in [3.05, 3.63) is 35.4 Å². The number of carbonyl (C=O) groups excluding carboxylic acids is 4. The molecule has 10 nitrogen and oxygen atoms in total. The molecule has 1 aromatic rings. The summed E-state index contributed by atoms with van der Waals surface area (Å²) in [4.78, 5) is 55.9. The zero-order valence-electron chi connectivity index (χ0n) is 25.1. The van der Waals surface area contributed by atoms with Crippen molar-refractivity contribution in [3.8, 4) is 12.3 Å². The fourth-order valence-electron chi connectivity index (χ4n) is 5.25. The Morgan fingerprint density at radius 3 is 2.54 bits per heavy atom. The Hall–Kier alpha value is -3.58. The van der Waals surface area contributed by atoms with E-state index >= 15 is 0 Å². The molecule has 0 saturated carbocycles. The van der Waals surface area contributed by atoms with Gasteiger partial charge in [0.2, 0.25) is 17.7 Å². The van der Waals surface area contributed by atoms with Crippen LogP contribution in [-0.2, 0) is 30.3 Å². The van der Waals surface area contributed by atoms with Gasteiger partial charge in [0.25, 0.3) is 0 Å². The first-order chi connectivity index (χ1) is 19.3. The Morgan fingerprint density at radius 1 is 1.15 bits per heavy atom. The predicted molar refractivity (Wildman–Crippen MR) is 155 cm³/mol. The predicted octanol–water partition coefficient (Wildman–Crippen LogP) is 2.95. The van der Waals surface area contributed by atoms with Crippen molar-refractivity contribution in [2.75, 3.05) is 20.2 Å². The van der Waals surface area contributed by atoms with Gasteiger partial charge < -0.3 is 25.0 Å². The number of hydrogen-bond donors (Lipinski definition) is 2. The van der Waals surface area contributed by atoms with Crippen LogP contribution in [0, 0.1) is 12.3 Å². The van der Waals surface area contributed by atoms with E-state index in [-0.39, 0.29) is 18.6 Å². The van der Waals surface area contributed by atoms with Crippen LogP contribution >= 0.6 is 0 Å². The second-order valence-electron chi connectivity index (χ2n) is 11.8. The largest absolute Gasteiger partial charge is 0.444 e. The second-order valence-corrected chi connectivity index (χ2v) is 11.8. The highest BCUT2D eigenvalue weighted by Gasteiger charge is 2.41. The molecule has 1 aromatic carbocycles. The Labute approximate surface area is 243 Å². The van der Waals surface area contributed by atoms with Gasteiger partial charge in [0.05, 0.1) is 12.1 Å². The zero-order chi connectivity index (χ0) is 30.3. The van der Waals surface area contributed by atoms with Crippen LogP contribution in [0.25, 0.3) is 0 Å². The lowest BCUT2D eigenvalue weighted by atomic mass is 9.87.